The number of nitrogens with zero attached hydrogens (tertiary/aromatic N) is 1. The van der Waals surface area contributed by atoms with E-state index in [1.807, 2.05) is 11.8 Å². The summed E-state index contributed by atoms with van der Waals surface area (Å²) in [5.41, 5.74) is 0. The molecule has 0 atom stereocenters. The zero-order chi connectivity index (χ0) is 10.0. The van der Waals surface area contributed by atoms with Gasteiger partial charge in [0.1, 0.15) is 4.75 Å². The predicted octanol–water partition coefficient (Wildman–Crippen LogP) is 3.74. The first-order valence-electron chi connectivity index (χ1n) is 5.83. The normalized spacial score (nSPS) is 38.7. The summed E-state index contributed by atoms with van der Waals surface area (Å²) in [6.07, 6.45) is 9.14. The second-order valence-electron chi connectivity index (χ2n) is 5.00. The molecule has 0 radical (unpaired) electrons. The van der Waals surface area contributed by atoms with Gasteiger partial charge in [-0.15, -0.1) is 11.8 Å². The molecule has 78 valence electrons. The van der Waals surface area contributed by atoms with Gasteiger partial charge in [-0.1, -0.05) is 26.2 Å². The Morgan fingerprint density at radius 2 is 1.86 bits per heavy atom. The summed E-state index contributed by atoms with van der Waals surface area (Å²) in [6, 6.07) is 2.56. The van der Waals surface area contributed by atoms with E-state index in [0.717, 1.165) is 24.0 Å². The van der Waals surface area contributed by atoms with Gasteiger partial charge in [-0.05, 0) is 31.6 Å². The van der Waals surface area contributed by atoms with Crippen molar-refractivity contribution in [2.75, 3.05) is 0 Å². The Bertz CT molecular complexity index is 231. The maximum absolute atomic E-state index is 9.21. The van der Waals surface area contributed by atoms with Crippen molar-refractivity contribution in [1.82, 2.24) is 0 Å². The molecule has 0 unspecified atom stereocenters. The minimum atomic E-state index is 0.0153. The fourth-order valence-corrected chi connectivity index (χ4v) is 4.80. The van der Waals surface area contributed by atoms with Crippen LogP contribution in [0.5, 0.6) is 0 Å². The molecule has 0 aromatic rings. The molecule has 2 rings (SSSR count). The highest BCUT2D eigenvalue weighted by atomic mass is 32.2. The van der Waals surface area contributed by atoms with Crippen LogP contribution >= 0.6 is 11.8 Å². The predicted molar refractivity (Wildman–Crippen MR) is 61.2 cm³/mol. The van der Waals surface area contributed by atoms with Crippen molar-refractivity contribution >= 4 is 11.8 Å². The van der Waals surface area contributed by atoms with Crippen LogP contribution in [0.4, 0.5) is 0 Å². The first-order chi connectivity index (χ1) is 6.74. The average molecular weight is 209 g/mol. The quantitative estimate of drug-likeness (QED) is 0.691. The fraction of sp³-hybridized carbons (Fsp3) is 0.917. The first-order valence-corrected chi connectivity index (χ1v) is 6.71. The van der Waals surface area contributed by atoms with Gasteiger partial charge in [0.25, 0.3) is 0 Å². The van der Waals surface area contributed by atoms with Crippen molar-refractivity contribution in [2.24, 2.45) is 5.92 Å². The summed E-state index contributed by atoms with van der Waals surface area (Å²) in [6.45, 7) is 2.26. The lowest BCUT2D eigenvalue weighted by Gasteiger charge is -2.43. The van der Waals surface area contributed by atoms with Crippen molar-refractivity contribution in [3.05, 3.63) is 0 Å². The molecule has 2 saturated carbocycles. The van der Waals surface area contributed by atoms with Crippen LogP contribution < -0.4 is 0 Å². The molecule has 0 spiro atoms. The molecule has 2 fully saturated rings. The van der Waals surface area contributed by atoms with Crippen molar-refractivity contribution in [2.45, 2.75) is 61.9 Å². The van der Waals surface area contributed by atoms with Gasteiger partial charge in [0, 0.05) is 5.25 Å². The van der Waals surface area contributed by atoms with E-state index in [9.17, 15) is 5.26 Å². The van der Waals surface area contributed by atoms with Crippen LogP contribution in [-0.4, -0.2) is 10.00 Å². The van der Waals surface area contributed by atoms with E-state index in [4.69, 9.17) is 0 Å². The van der Waals surface area contributed by atoms with E-state index in [0.29, 0.717) is 0 Å². The molecule has 0 N–H and O–H groups in total. The van der Waals surface area contributed by atoms with Gasteiger partial charge in [0.15, 0.2) is 0 Å². The second kappa shape index (κ2) is 4.14. The summed E-state index contributed by atoms with van der Waals surface area (Å²) in [7, 11) is 0. The van der Waals surface area contributed by atoms with Crippen molar-refractivity contribution < 1.29 is 0 Å². The van der Waals surface area contributed by atoms with Crippen LogP contribution in [-0.2, 0) is 0 Å². The Balaban J connectivity index is 1.86. The summed E-state index contributed by atoms with van der Waals surface area (Å²) in [5.74, 6) is 0.783. The molecule has 0 aromatic carbocycles. The monoisotopic (exact) mass is 209 g/mol. The van der Waals surface area contributed by atoms with E-state index >= 15 is 0 Å². The molecular weight excluding hydrogens is 190 g/mol. The van der Waals surface area contributed by atoms with Crippen molar-refractivity contribution in [3.8, 4) is 6.07 Å². The van der Waals surface area contributed by atoms with Crippen LogP contribution in [0.3, 0.4) is 0 Å². The molecule has 2 aliphatic carbocycles. The molecule has 2 heteroatoms. The minimum absolute atomic E-state index is 0.0153. The number of rotatable bonds is 2. The largest absolute Gasteiger partial charge is 0.197 e. The fourth-order valence-electron chi connectivity index (χ4n) is 2.78. The van der Waals surface area contributed by atoms with Gasteiger partial charge in [-0.25, -0.2) is 0 Å². The first kappa shape index (κ1) is 10.4. The van der Waals surface area contributed by atoms with Crippen LogP contribution in [0.1, 0.15) is 51.9 Å². The SMILES string of the molecule is CC1CC(C#N)(SC2CCCCC2)C1. The zero-order valence-electron chi connectivity index (χ0n) is 8.96. The van der Waals surface area contributed by atoms with Gasteiger partial charge in [0.2, 0.25) is 0 Å². The smallest absolute Gasteiger partial charge is 0.103 e. The molecule has 1 nitrogen and oxygen atoms in total. The maximum atomic E-state index is 9.21. The Kier molecular flexibility index (Phi) is 3.07. The van der Waals surface area contributed by atoms with Crippen molar-refractivity contribution in [3.63, 3.8) is 0 Å². The molecule has 14 heavy (non-hydrogen) atoms. The van der Waals surface area contributed by atoms with Gasteiger partial charge in [0.05, 0.1) is 6.07 Å². The molecule has 2 aliphatic rings. The Morgan fingerprint density at radius 3 is 2.36 bits per heavy atom. The molecule has 0 heterocycles. The maximum Gasteiger partial charge on any atom is 0.103 e. The minimum Gasteiger partial charge on any atom is -0.197 e. The van der Waals surface area contributed by atoms with Crippen LogP contribution in [0.2, 0.25) is 0 Å². The highest BCUT2D eigenvalue weighted by molar-refractivity contribution is 8.01. The Morgan fingerprint density at radius 1 is 1.21 bits per heavy atom. The molecule has 0 bridgehead atoms. The van der Waals surface area contributed by atoms with Crippen molar-refractivity contribution in [1.29, 1.82) is 5.26 Å². The lowest BCUT2D eigenvalue weighted by atomic mass is 9.76. The summed E-state index contributed by atoms with van der Waals surface area (Å²) < 4.78 is 0.0153. The van der Waals surface area contributed by atoms with Gasteiger partial charge < -0.3 is 0 Å². The third kappa shape index (κ3) is 2.08. The average Bonchev–Trinajstić information content (AvgIpc) is 2.16. The third-order valence-corrected chi connectivity index (χ3v) is 5.19. The highest BCUT2D eigenvalue weighted by Crippen LogP contribution is 2.51. The summed E-state index contributed by atoms with van der Waals surface area (Å²) in [5, 5.41) is 10.0. The topological polar surface area (TPSA) is 23.8 Å². The summed E-state index contributed by atoms with van der Waals surface area (Å²) >= 11 is 2.00. The van der Waals surface area contributed by atoms with E-state index < -0.39 is 0 Å². The number of hydrogen-bond acceptors (Lipinski definition) is 2. The van der Waals surface area contributed by atoms with E-state index in [1.54, 1.807) is 0 Å². The lowest BCUT2D eigenvalue weighted by molar-refractivity contribution is 0.301. The third-order valence-electron chi connectivity index (χ3n) is 3.50. The molecular formula is C12H19NS. The van der Waals surface area contributed by atoms with Crippen LogP contribution in [0.25, 0.3) is 0 Å². The standard InChI is InChI=1S/C12H19NS/c1-10-7-12(8-10,9-13)14-11-5-3-2-4-6-11/h10-11H,2-8H2,1H3. The van der Waals surface area contributed by atoms with Gasteiger partial charge in [-0.3, -0.25) is 0 Å². The van der Waals surface area contributed by atoms with E-state index in [-0.39, 0.29) is 4.75 Å². The van der Waals surface area contributed by atoms with Crippen LogP contribution in [0, 0.1) is 17.2 Å². The molecule has 0 amide bonds. The highest BCUT2D eigenvalue weighted by Gasteiger charge is 2.44. The van der Waals surface area contributed by atoms with Gasteiger partial charge >= 0.3 is 0 Å². The van der Waals surface area contributed by atoms with E-state index in [1.165, 1.54) is 32.1 Å². The molecule has 0 saturated heterocycles. The Hall–Kier alpha value is -0.160. The van der Waals surface area contributed by atoms with Crippen LogP contribution in [0.15, 0.2) is 0 Å². The zero-order valence-corrected chi connectivity index (χ0v) is 9.78. The number of thioether (sulfide) groups is 1. The van der Waals surface area contributed by atoms with E-state index in [2.05, 4.69) is 13.0 Å². The second-order valence-corrected chi connectivity index (χ2v) is 6.68. The Labute approximate surface area is 91.3 Å². The molecule has 0 aromatic heterocycles. The number of hydrogen-bond donors (Lipinski definition) is 0. The lowest BCUT2D eigenvalue weighted by Crippen LogP contribution is -2.40. The summed E-state index contributed by atoms with van der Waals surface area (Å²) in [4.78, 5) is 0. The number of nitriles is 1. The van der Waals surface area contributed by atoms with Gasteiger partial charge in [-0.2, -0.15) is 5.26 Å². The molecule has 0 aliphatic heterocycles.